The van der Waals surface area contributed by atoms with Crippen LogP contribution in [0.2, 0.25) is 0 Å². The lowest BCUT2D eigenvalue weighted by Crippen LogP contribution is -2.59. The Hall–Kier alpha value is -4.28. The molecule has 0 bridgehead atoms. The molecule has 0 radical (unpaired) electrons. The maximum absolute atomic E-state index is 14.4. The topological polar surface area (TPSA) is 192 Å². The average molecular weight is 1510 g/mol. The van der Waals surface area contributed by atoms with Crippen molar-refractivity contribution >= 4 is 90.1 Å². The highest BCUT2D eigenvalue weighted by atomic mass is 35.6. The molecule has 0 spiro atoms. The lowest BCUT2D eigenvalue weighted by Gasteiger charge is -2.45. The molecule has 1 unspecified atom stereocenters. The highest BCUT2D eigenvalue weighted by Crippen LogP contribution is 2.49. The SMILES string of the molecule is COc1ccc(CCC([C@H]2O[C@@H]3SC(N(C)C)=N[C@@H]3[C@@H](OCc3ccccc3)[C@@H]2C)C(F)(F)F)cc1.COc1ccc(CC[C@@H]([C@H]2O[C@@H]3SC(N(C)C)=N[C@@H]3[C@@H](O)[C@@H]2O)C(F)(F)F)cc1.COc1ccc(CC[C@H]([C@H]2O[C@@H]3SC(N(C)C)=N[C@@H]3[C@@H](O)[C@@H]2O)C(F)(F)F)cc1.ClB(Cl)Cl. The Balaban J connectivity index is 0.000000203. The number of methoxy groups -OCH3 is 3. The van der Waals surface area contributed by atoms with Gasteiger partial charge in [-0.25, -0.2) is 0 Å². The van der Waals surface area contributed by atoms with Gasteiger partial charge in [-0.15, -0.1) is 0 Å². The van der Waals surface area contributed by atoms with E-state index >= 15 is 0 Å². The number of aliphatic hydroxyl groups excluding tert-OH is 4. The minimum absolute atomic E-state index is 0.0698. The zero-order valence-electron chi connectivity index (χ0n) is 55.3. The van der Waals surface area contributed by atoms with Gasteiger partial charge in [-0.3, -0.25) is 15.0 Å². The fraction of sp³-hybridized carbons (Fsp3) is 0.585. The fourth-order valence-electron chi connectivity index (χ4n) is 11.9. The van der Waals surface area contributed by atoms with Crippen molar-refractivity contribution in [2.75, 3.05) is 63.6 Å². The minimum atomic E-state index is -4.58. The molecule has 0 saturated carbocycles. The van der Waals surface area contributed by atoms with E-state index in [0.29, 0.717) is 34.2 Å². The van der Waals surface area contributed by atoms with Crippen LogP contribution in [-0.2, 0) is 44.8 Å². The first-order valence-electron chi connectivity index (χ1n) is 31.2. The molecule has 10 rings (SSSR count). The van der Waals surface area contributed by atoms with Crippen LogP contribution in [0.5, 0.6) is 17.2 Å². The van der Waals surface area contributed by atoms with Crippen LogP contribution in [0.3, 0.4) is 0 Å². The first-order chi connectivity index (χ1) is 46.1. The van der Waals surface area contributed by atoms with Crippen LogP contribution < -0.4 is 14.2 Å². The molecule has 4 N–H and O–H groups in total. The number of aliphatic imine (C=N–C) groups is 3. The van der Waals surface area contributed by atoms with Crippen LogP contribution in [-0.4, -0.2) is 221 Å². The van der Waals surface area contributed by atoms with E-state index in [-0.39, 0.29) is 44.6 Å². The van der Waals surface area contributed by atoms with Gasteiger partial charge in [0.25, 0.3) is 0 Å². The van der Waals surface area contributed by atoms with Gasteiger partial charge in [-0.1, -0.05) is 109 Å². The molecule has 17 nitrogen and oxygen atoms in total. The number of nitrogens with zero attached hydrogens (tertiary/aromatic N) is 6. The van der Waals surface area contributed by atoms with Crippen LogP contribution in [0.1, 0.15) is 48.4 Å². The van der Waals surface area contributed by atoms with Crippen molar-refractivity contribution in [2.45, 2.75) is 154 Å². The molecule has 4 aromatic carbocycles. The number of hydrogen-bond donors (Lipinski definition) is 4. The quantitative estimate of drug-likeness (QED) is 0.0543. The molecule has 0 amide bonds. The van der Waals surface area contributed by atoms with E-state index < -0.39 is 124 Å². The molecule has 6 aliphatic heterocycles. The Morgan fingerprint density at radius 3 is 1.06 bits per heavy atom. The van der Waals surface area contributed by atoms with Crippen LogP contribution in [0.4, 0.5) is 39.5 Å². The molecule has 6 heterocycles. The molecule has 6 aliphatic rings. The van der Waals surface area contributed by atoms with Crippen molar-refractivity contribution in [3.05, 3.63) is 125 Å². The number of alkyl halides is 9. The number of amidine groups is 3. The number of aliphatic hydroxyl groups is 4. The van der Waals surface area contributed by atoms with E-state index in [1.54, 1.807) is 113 Å². The van der Waals surface area contributed by atoms with E-state index in [1.807, 2.05) is 61.5 Å². The summed E-state index contributed by atoms with van der Waals surface area (Å²) in [6.45, 7) is 2.11. The van der Waals surface area contributed by atoms with E-state index in [1.165, 1.54) is 26.0 Å². The summed E-state index contributed by atoms with van der Waals surface area (Å²) in [5.74, 6) is -4.04. The van der Waals surface area contributed by atoms with Gasteiger partial charge in [0.05, 0.1) is 70.1 Å². The van der Waals surface area contributed by atoms with Gasteiger partial charge in [-0.2, -0.15) is 73.9 Å². The standard InChI is InChI=1S/C27H33F3N2O3S.2C19H25F3N2O4S.BCl3/c1-17-23(21(27(28,29)30)15-12-18-10-13-20(33-4)14-11-18)35-25-22(31-26(36-25)32(2)3)24(17)34-16-19-8-6-5-7-9-19;2*1-24(2)18-23-13-14(25)15(26)16(28-17(13)29-18)12(19(20,21)22)9-6-10-4-7-11(27-3)8-5-10;2-1(3)4/h5-11,13-14,17,21-25H,12,15-16H2,1-4H3;2*4-5,7-8,12-17,25-26H,6,9H2,1-3H3;/t17-,21?,22-,23+,24+,25-;12-,13+,14+,15-,16+,17+;12-,13-,14-,15+,16-,17-;/m101./s1. The van der Waals surface area contributed by atoms with E-state index in [4.69, 9.17) is 72.5 Å². The minimum Gasteiger partial charge on any atom is -0.497 e. The average Bonchev–Trinajstić information content (AvgIpc) is 1.53. The van der Waals surface area contributed by atoms with Crippen LogP contribution in [0.25, 0.3) is 0 Å². The van der Waals surface area contributed by atoms with Crippen LogP contribution in [0, 0.1) is 23.7 Å². The van der Waals surface area contributed by atoms with Crippen molar-refractivity contribution in [3.63, 3.8) is 0 Å². The van der Waals surface area contributed by atoms with E-state index in [2.05, 4.69) is 9.98 Å². The summed E-state index contributed by atoms with van der Waals surface area (Å²) in [5.41, 5.74) is 1.20. The van der Waals surface area contributed by atoms with Crippen molar-refractivity contribution in [1.29, 1.82) is 0 Å². The van der Waals surface area contributed by atoms with Gasteiger partial charge in [0, 0.05) is 48.2 Å². The summed E-state index contributed by atoms with van der Waals surface area (Å²) in [6, 6.07) is 28.5. The number of rotatable bonds is 18. The second kappa shape index (κ2) is 36.2. The highest BCUT2D eigenvalue weighted by molar-refractivity contribution is 8.15. The number of thioether (sulfide) groups is 3. The van der Waals surface area contributed by atoms with Crippen molar-refractivity contribution < 1.29 is 93.1 Å². The summed E-state index contributed by atoms with van der Waals surface area (Å²) in [5, 5.41) is 43.5. The number of benzene rings is 4. The maximum atomic E-state index is 14.4. The van der Waals surface area contributed by atoms with E-state index in [0.717, 1.165) is 50.9 Å². The van der Waals surface area contributed by atoms with Crippen molar-refractivity contribution in [1.82, 2.24) is 14.7 Å². The molecule has 33 heteroatoms. The summed E-state index contributed by atoms with van der Waals surface area (Å²) in [7, 11) is 15.3. The zero-order valence-corrected chi connectivity index (χ0v) is 60.0. The van der Waals surface area contributed by atoms with Gasteiger partial charge < -0.3 is 68.3 Å². The third-order valence-corrected chi connectivity index (χ3v) is 21.1. The molecule has 98 heavy (non-hydrogen) atoms. The monoisotopic (exact) mass is 1510 g/mol. The third-order valence-electron chi connectivity index (χ3n) is 17.2. The van der Waals surface area contributed by atoms with Gasteiger partial charge >= 0.3 is 23.5 Å². The lowest BCUT2D eigenvalue weighted by molar-refractivity contribution is -0.250. The Bertz CT molecular complexity index is 3080. The Kier molecular flexibility index (Phi) is 30.0. The second-order valence-electron chi connectivity index (χ2n) is 24.6. The maximum Gasteiger partial charge on any atom is 0.450 e. The van der Waals surface area contributed by atoms with Gasteiger partial charge in [-0.05, 0) is 97.2 Å². The summed E-state index contributed by atoms with van der Waals surface area (Å²) in [4.78, 5) is 17.9. The van der Waals surface area contributed by atoms with Crippen molar-refractivity contribution in [3.8, 4) is 17.2 Å². The third kappa shape index (κ3) is 21.9. The smallest absolute Gasteiger partial charge is 0.450 e. The van der Waals surface area contributed by atoms with Gasteiger partial charge in [0.15, 0.2) is 15.5 Å². The first kappa shape index (κ1) is 81.0. The predicted octanol–water partition coefficient (Wildman–Crippen LogP) is 12.0. The normalized spacial score (nSPS) is 28.1. The molecule has 3 fully saturated rings. The molecular weight excluding hydrogens is 1430 g/mol. The summed E-state index contributed by atoms with van der Waals surface area (Å²) < 4.78 is 165. The number of halogens is 12. The summed E-state index contributed by atoms with van der Waals surface area (Å²) >= 11 is 18.1. The molecule has 4 aromatic rings. The largest absolute Gasteiger partial charge is 0.497 e. The predicted molar refractivity (Wildman–Crippen MR) is 368 cm³/mol. The first-order valence-corrected chi connectivity index (χ1v) is 35.2. The van der Waals surface area contributed by atoms with Gasteiger partial charge in [0.2, 0.25) is 0 Å². The second-order valence-corrected chi connectivity index (χ2v) is 29.8. The van der Waals surface area contributed by atoms with Crippen LogP contribution >= 0.6 is 69.7 Å². The number of aryl methyl sites for hydroxylation is 3. The molecule has 18 atom stereocenters. The lowest BCUT2D eigenvalue weighted by atomic mass is 9.80. The molecular formula is C65H83BCl3F9N6O11S3. The number of hydrogen-bond acceptors (Lipinski definition) is 20. The number of fused-ring (bicyclic) bond motifs is 3. The van der Waals surface area contributed by atoms with Crippen molar-refractivity contribution in [2.24, 2.45) is 38.6 Å². The van der Waals surface area contributed by atoms with Crippen LogP contribution in [0.15, 0.2) is 118 Å². The highest BCUT2D eigenvalue weighted by Gasteiger charge is 2.59. The molecule has 3 saturated heterocycles. The molecule has 544 valence electrons. The molecule has 0 aromatic heterocycles. The van der Waals surface area contributed by atoms with Gasteiger partial charge in [0.1, 0.15) is 76.1 Å². The van der Waals surface area contributed by atoms with E-state index in [9.17, 15) is 59.9 Å². The zero-order chi connectivity index (χ0) is 72.1. The Labute approximate surface area is 593 Å². The fourth-order valence-corrected chi connectivity index (χ4v) is 15.4. The Morgan fingerprint density at radius 1 is 0.459 bits per heavy atom. The molecule has 0 aliphatic carbocycles. The Morgan fingerprint density at radius 2 is 0.755 bits per heavy atom. The number of ether oxygens (including phenoxy) is 7. The summed E-state index contributed by atoms with van der Waals surface area (Å²) in [6.07, 6.45) is -24.4.